The molecule has 120 valence electrons. The maximum Gasteiger partial charge on any atom is 0.151 e. The first-order chi connectivity index (χ1) is 11.2. The van der Waals surface area contributed by atoms with Crippen LogP contribution < -0.4 is 0 Å². The summed E-state index contributed by atoms with van der Waals surface area (Å²) >= 11 is 9.05. The summed E-state index contributed by atoms with van der Waals surface area (Å²) in [6, 6.07) is 15.6. The quantitative estimate of drug-likeness (QED) is 0.620. The maximum absolute atomic E-state index is 10.0. The van der Waals surface area contributed by atoms with Gasteiger partial charge in [0.15, 0.2) is 4.34 Å². The number of para-hydroxylation sites is 1. The van der Waals surface area contributed by atoms with Crippen LogP contribution in [0.15, 0.2) is 52.9 Å². The highest BCUT2D eigenvalue weighted by Gasteiger charge is 2.09. The van der Waals surface area contributed by atoms with Gasteiger partial charge in [0.1, 0.15) is 0 Å². The molecule has 2 aromatic carbocycles. The molecule has 0 radical (unpaired) electrons. The molecule has 0 spiro atoms. The first-order valence-electron chi connectivity index (χ1n) is 7.19. The van der Waals surface area contributed by atoms with Crippen LogP contribution in [0.25, 0.3) is 10.2 Å². The Morgan fingerprint density at radius 3 is 2.74 bits per heavy atom. The molecule has 0 aliphatic rings. The molecule has 0 saturated carbocycles. The third-order valence-electron chi connectivity index (χ3n) is 3.17. The molecule has 1 N–H and O–H groups in total. The minimum absolute atomic E-state index is 0.306. The van der Waals surface area contributed by atoms with E-state index in [9.17, 15) is 5.11 Å². The summed E-state index contributed by atoms with van der Waals surface area (Å²) in [6.07, 6.45) is -0.515. The predicted molar refractivity (Wildman–Crippen MR) is 97.5 cm³/mol. The smallest absolute Gasteiger partial charge is 0.151 e. The second kappa shape index (κ2) is 8.13. The van der Waals surface area contributed by atoms with E-state index in [4.69, 9.17) is 16.3 Å². The van der Waals surface area contributed by atoms with Crippen molar-refractivity contribution in [1.82, 2.24) is 4.98 Å². The summed E-state index contributed by atoms with van der Waals surface area (Å²) in [5.74, 6) is 0.570. The molecule has 1 heterocycles. The Kier molecular flexibility index (Phi) is 5.91. The van der Waals surface area contributed by atoms with Gasteiger partial charge in [-0.3, -0.25) is 0 Å². The van der Waals surface area contributed by atoms with Crippen LogP contribution in [0.5, 0.6) is 0 Å². The van der Waals surface area contributed by atoms with Crippen molar-refractivity contribution in [2.24, 2.45) is 0 Å². The molecule has 23 heavy (non-hydrogen) atoms. The third-order valence-corrected chi connectivity index (χ3v) is 5.74. The lowest BCUT2D eigenvalue weighted by Gasteiger charge is -2.10. The Morgan fingerprint density at radius 1 is 1.17 bits per heavy atom. The number of thioether (sulfide) groups is 1. The molecule has 0 saturated heterocycles. The van der Waals surface area contributed by atoms with E-state index in [1.807, 2.05) is 42.5 Å². The number of ether oxygens (including phenoxy) is 1. The van der Waals surface area contributed by atoms with Crippen LogP contribution in [-0.2, 0) is 11.3 Å². The molecular weight excluding hydrogens is 350 g/mol. The Hall–Kier alpha value is -1.11. The topological polar surface area (TPSA) is 42.4 Å². The molecule has 1 atom stereocenters. The van der Waals surface area contributed by atoms with E-state index < -0.39 is 6.10 Å². The summed E-state index contributed by atoms with van der Waals surface area (Å²) in [5.41, 5.74) is 2.05. The summed E-state index contributed by atoms with van der Waals surface area (Å²) in [4.78, 5) is 4.54. The van der Waals surface area contributed by atoms with E-state index in [1.54, 1.807) is 23.1 Å². The highest BCUT2D eigenvalue weighted by Crippen LogP contribution is 2.29. The van der Waals surface area contributed by atoms with Gasteiger partial charge in [-0.05, 0) is 29.8 Å². The molecular formula is C17H16ClNO2S2. The van der Waals surface area contributed by atoms with Crippen LogP contribution in [0.2, 0.25) is 5.02 Å². The van der Waals surface area contributed by atoms with E-state index in [-0.39, 0.29) is 0 Å². The largest absolute Gasteiger partial charge is 0.390 e. The standard InChI is InChI=1S/C17H16ClNO2S2/c18-13-7-5-12(6-8-13)9-21-10-14(20)11-22-17-19-15-3-1-2-4-16(15)23-17/h1-8,14,20H,9-11H2. The van der Waals surface area contributed by atoms with Crippen molar-refractivity contribution in [2.75, 3.05) is 12.4 Å². The second-order valence-corrected chi connectivity index (χ2v) is 7.79. The molecule has 0 amide bonds. The van der Waals surface area contributed by atoms with E-state index in [0.717, 1.165) is 15.4 Å². The van der Waals surface area contributed by atoms with E-state index in [2.05, 4.69) is 11.1 Å². The Balaban J connectivity index is 1.42. The normalized spacial score (nSPS) is 12.6. The number of aliphatic hydroxyl groups is 1. The molecule has 0 aliphatic carbocycles. The molecule has 3 rings (SSSR count). The van der Waals surface area contributed by atoms with Crippen molar-refractivity contribution in [3.8, 4) is 0 Å². The Bertz CT molecular complexity index is 728. The van der Waals surface area contributed by atoms with Gasteiger partial charge in [-0.25, -0.2) is 4.98 Å². The van der Waals surface area contributed by atoms with Crippen LogP contribution in [0.1, 0.15) is 5.56 Å². The zero-order valence-electron chi connectivity index (χ0n) is 12.3. The lowest BCUT2D eigenvalue weighted by Crippen LogP contribution is -2.17. The van der Waals surface area contributed by atoms with E-state index in [1.165, 1.54) is 4.70 Å². The van der Waals surface area contributed by atoms with Gasteiger partial charge in [-0.1, -0.05) is 47.6 Å². The number of benzene rings is 2. The number of aliphatic hydroxyl groups excluding tert-OH is 1. The molecule has 3 aromatic rings. The number of nitrogens with zero attached hydrogens (tertiary/aromatic N) is 1. The summed E-state index contributed by atoms with van der Waals surface area (Å²) in [7, 11) is 0. The van der Waals surface area contributed by atoms with Gasteiger partial charge >= 0.3 is 0 Å². The van der Waals surface area contributed by atoms with Gasteiger partial charge in [-0.15, -0.1) is 11.3 Å². The van der Waals surface area contributed by atoms with Gasteiger partial charge in [0.25, 0.3) is 0 Å². The number of thiazole rings is 1. The summed E-state index contributed by atoms with van der Waals surface area (Å²) < 4.78 is 7.69. The van der Waals surface area contributed by atoms with Crippen molar-refractivity contribution in [2.45, 2.75) is 17.1 Å². The molecule has 1 unspecified atom stereocenters. The van der Waals surface area contributed by atoms with E-state index in [0.29, 0.717) is 24.0 Å². The van der Waals surface area contributed by atoms with Gasteiger partial charge in [-0.2, -0.15) is 0 Å². The number of fused-ring (bicyclic) bond motifs is 1. The van der Waals surface area contributed by atoms with Crippen molar-refractivity contribution >= 4 is 44.9 Å². The molecule has 0 aliphatic heterocycles. The fraction of sp³-hybridized carbons (Fsp3) is 0.235. The minimum atomic E-state index is -0.515. The fourth-order valence-electron chi connectivity index (χ4n) is 2.02. The first kappa shape index (κ1) is 16.7. The van der Waals surface area contributed by atoms with Gasteiger partial charge < -0.3 is 9.84 Å². The number of hydrogen-bond acceptors (Lipinski definition) is 5. The number of rotatable bonds is 7. The molecule has 3 nitrogen and oxygen atoms in total. The Morgan fingerprint density at radius 2 is 1.96 bits per heavy atom. The van der Waals surface area contributed by atoms with Gasteiger partial charge in [0.2, 0.25) is 0 Å². The highest BCUT2D eigenvalue weighted by molar-refractivity contribution is 8.01. The SMILES string of the molecule is OC(COCc1ccc(Cl)cc1)CSc1nc2ccccc2s1. The van der Waals surface area contributed by atoms with Crippen molar-refractivity contribution < 1.29 is 9.84 Å². The summed E-state index contributed by atoms with van der Waals surface area (Å²) in [5, 5.41) is 10.7. The average Bonchev–Trinajstić information content (AvgIpc) is 2.98. The van der Waals surface area contributed by atoms with Crippen molar-refractivity contribution in [1.29, 1.82) is 0 Å². The van der Waals surface area contributed by atoms with Gasteiger partial charge in [0, 0.05) is 10.8 Å². The molecule has 1 aromatic heterocycles. The second-order valence-electron chi connectivity index (χ2n) is 5.05. The fourth-order valence-corrected chi connectivity index (χ4v) is 4.15. The van der Waals surface area contributed by atoms with Crippen LogP contribution in [-0.4, -0.2) is 28.6 Å². The van der Waals surface area contributed by atoms with Gasteiger partial charge in [0.05, 0.1) is 29.5 Å². The number of aromatic nitrogens is 1. The average molecular weight is 366 g/mol. The van der Waals surface area contributed by atoms with Crippen LogP contribution in [0.3, 0.4) is 0 Å². The van der Waals surface area contributed by atoms with Crippen LogP contribution in [0.4, 0.5) is 0 Å². The van der Waals surface area contributed by atoms with Crippen molar-refractivity contribution in [3.05, 3.63) is 59.1 Å². The van der Waals surface area contributed by atoms with Crippen molar-refractivity contribution in [3.63, 3.8) is 0 Å². The van der Waals surface area contributed by atoms with Crippen LogP contribution in [0, 0.1) is 0 Å². The summed E-state index contributed by atoms with van der Waals surface area (Å²) in [6.45, 7) is 0.778. The number of hydrogen-bond donors (Lipinski definition) is 1. The van der Waals surface area contributed by atoms with E-state index >= 15 is 0 Å². The minimum Gasteiger partial charge on any atom is -0.390 e. The molecule has 0 fully saturated rings. The lowest BCUT2D eigenvalue weighted by atomic mass is 10.2. The maximum atomic E-state index is 10.0. The zero-order valence-corrected chi connectivity index (χ0v) is 14.7. The molecule has 6 heteroatoms. The van der Waals surface area contributed by atoms with Crippen LogP contribution >= 0.6 is 34.7 Å². The highest BCUT2D eigenvalue weighted by atomic mass is 35.5. The first-order valence-corrected chi connectivity index (χ1v) is 9.37. The molecule has 0 bridgehead atoms. The lowest BCUT2D eigenvalue weighted by molar-refractivity contribution is 0.0398. The zero-order chi connectivity index (χ0) is 16.1. The third kappa shape index (κ3) is 4.93. The Labute approximate surface area is 148 Å². The number of halogens is 1. The monoisotopic (exact) mass is 365 g/mol. The predicted octanol–water partition coefficient (Wildman–Crippen LogP) is 4.62.